The van der Waals surface area contributed by atoms with E-state index >= 15 is 0 Å². The number of aliphatic hydroxyl groups is 1. The Morgan fingerprint density at radius 1 is 1.50 bits per heavy atom. The Bertz CT molecular complexity index is 270. The van der Waals surface area contributed by atoms with E-state index in [9.17, 15) is 5.11 Å². The first-order valence-electron chi connectivity index (χ1n) is 5.40. The Hall–Kier alpha value is -0.830. The Morgan fingerprint density at radius 2 is 2.21 bits per heavy atom. The summed E-state index contributed by atoms with van der Waals surface area (Å²) in [5.74, 6) is 1.08. The van der Waals surface area contributed by atoms with Crippen LogP contribution in [0.15, 0.2) is 12.4 Å². The minimum absolute atomic E-state index is 0.129. The Labute approximate surface area is 85.8 Å². The van der Waals surface area contributed by atoms with E-state index in [2.05, 4.69) is 16.5 Å². The molecule has 3 nitrogen and oxygen atoms in total. The number of aryl methyl sites for hydroxylation is 1. The molecule has 1 aromatic heterocycles. The van der Waals surface area contributed by atoms with E-state index in [0.717, 1.165) is 25.1 Å². The van der Waals surface area contributed by atoms with Gasteiger partial charge in [0.1, 0.15) is 5.82 Å². The second kappa shape index (κ2) is 5.15. The average molecular weight is 196 g/mol. The summed E-state index contributed by atoms with van der Waals surface area (Å²) in [6.45, 7) is 6.17. The summed E-state index contributed by atoms with van der Waals surface area (Å²) in [5, 5.41) is 9.74. The monoisotopic (exact) mass is 196 g/mol. The molecular formula is C11H20N2O. The lowest BCUT2D eigenvalue weighted by atomic mass is 10.1. The fourth-order valence-corrected chi connectivity index (χ4v) is 1.66. The smallest absolute Gasteiger partial charge is 0.108 e. The molecule has 2 atom stereocenters. The van der Waals surface area contributed by atoms with Crippen LogP contribution < -0.4 is 0 Å². The molecule has 0 spiro atoms. The molecule has 0 aliphatic carbocycles. The van der Waals surface area contributed by atoms with Crippen molar-refractivity contribution in [1.29, 1.82) is 0 Å². The zero-order valence-electron chi connectivity index (χ0n) is 9.27. The lowest BCUT2D eigenvalue weighted by molar-refractivity contribution is 0.115. The average Bonchev–Trinajstić information content (AvgIpc) is 2.64. The minimum atomic E-state index is -0.278. The zero-order chi connectivity index (χ0) is 10.6. The highest BCUT2D eigenvalue weighted by atomic mass is 16.3. The maximum Gasteiger partial charge on any atom is 0.108 e. The van der Waals surface area contributed by atoms with Gasteiger partial charge in [0, 0.05) is 18.8 Å². The molecule has 1 heterocycles. The van der Waals surface area contributed by atoms with Crippen molar-refractivity contribution in [1.82, 2.24) is 9.55 Å². The molecule has 1 N–H and O–H groups in total. The van der Waals surface area contributed by atoms with Gasteiger partial charge in [-0.1, -0.05) is 13.8 Å². The third-order valence-corrected chi connectivity index (χ3v) is 2.64. The Kier molecular flexibility index (Phi) is 4.14. The number of rotatable bonds is 5. The normalized spacial score (nSPS) is 15.4. The molecule has 1 aromatic rings. The number of hydrogen-bond acceptors (Lipinski definition) is 2. The summed E-state index contributed by atoms with van der Waals surface area (Å²) in [7, 11) is 0. The van der Waals surface area contributed by atoms with Crippen LogP contribution in [0.2, 0.25) is 0 Å². The van der Waals surface area contributed by atoms with Gasteiger partial charge in [0.25, 0.3) is 0 Å². The molecule has 2 unspecified atom stereocenters. The molecule has 14 heavy (non-hydrogen) atoms. The first-order chi connectivity index (χ1) is 6.70. The lowest BCUT2D eigenvalue weighted by Gasteiger charge is -2.20. The van der Waals surface area contributed by atoms with E-state index in [1.165, 1.54) is 0 Å². The summed E-state index contributed by atoms with van der Waals surface area (Å²) in [6.07, 6.45) is 6.34. The zero-order valence-corrected chi connectivity index (χ0v) is 9.27. The number of nitrogens with zero attached hydrogens (tertiary/aromatic N) is 2. The summed E-state index contributed by atoms with van der Waals surface area (Å²) in [6, 6.07) is 0.129. The highest BCUT2D eigenvalue weighted by molar-refractivity contribution is 4.96. The van der Waals surface area contributed by atoms with Crippen molar-refractivity contribution in [2.45, 2.75) is 52.2 Å². The lowest BCUT2D eigenvalue weighted by Crippen LogP contribution is -2.21. The van der Waals surface area contributed by atoms with Gasteiger partial charge in [0.05, 0.1) is 12.1 Å². The molecule has 0 aromatic carbocycles. The summed E-state index contributed by atoms with van der Waals surface area (Å²) < 4.78 is 2.08. The fourth-order valence-electron chi connectivity index (χ4n) is 1.66. The van der Waals surface area contributed by atoms with Gasteiger partial charge in [-0.15, -0.1) is 0 Å². The van der Waals surface area contributed by atoms with E-state index in [1.807, 2.05) is 26.2 Å². The Balaban J connectivity index is 2.77. The van der Waals surface area contributed by atoms with E-state index in [0.29, 0.717) is 0 Å². The van der Waals surface area contributed by atoms with E-state index < -0.39 is 0 Å². The molecule has 0 saturated carbocycles. The number of imidazole rings is 1. The third-order valence-electron chi connectivity index (χ3n) is 2.64. The van der Waals surface area contributed by atoms with Gasteiger partial charge in [-0.3, -0.25) is 0 Å². The molecule has 0 bridgehead atoms. The number of aromatic nitrogens is 2. The van der Waals surface area contributed by atoms with Crippen molar-refractivity contribution < 1.29 is 5.11 Å². The van der Waals surface area contributed by atoms with Gasteiger partial charge in [0.2, 0.25) is 0 Å². The van der Waals surface area contributed by atoms with E-state index in [-0.39, 0.29) is 12.1 Å². The van der Waals surface area contributed by atoms with Crippen LogP contribution in [0.5, 0.6) is 0 Å². The number of hydrogen-bond donors (Lipinski definition) is 1. The molecule has 0 fully saturated rings. The molecule has 0 radical (unpaired) electrons. The highest BCUT2D eigenvalue weighted by Gasteiger charge is 2.15. The van der Waals surface area contributed by atoms with Gasteiger partial charge in [-0.05, 0) is 19.8 Å². The molecule has 80 valence electrons. The van der Waals surface area contributed by atoms with Gasteiger partial charge in [0.15, 0.2) is 0 Å². The maximum absolute atomic E-state index is 9.74. The van der Waals surface area contributed by atoms with E-state index in [1.54, 1.807) is 0 Å². The molecule has 0 aliphatic rings. The standard InChI is InChI=1S/C11H20N2O/c1-4-6-11-12-7-8-13(11)9(3)10(14)5-2/h7-10,14H,4-6H2,1-3H3. The van der Waals surface area contributed by atoms with Crippen LogP contribution in [-0.4, -0.2) is 20.8 Å². The first-order valence-corrected chi connectivity index (χ1v) is 5.40. The molecule has 0 amide bonds. The van der Waals surface area contributed by atoms with Crippen molar-refractivity contribution in [2.75, 3.05) is 0 Å². The molecule has 1 rings (SSSR count). The second-order valence-electron chi connectivity index (χ2n) is 3.72. The van der Waals surface area contributed by atoms with Crippen molar-refractivity contribution in [3.63, 3.8) is 0 Å². The summed E-state index contributed by atoms with van der Waals surface area (Å²) in [5.41, 5.74) is 0. The van der Waals surface area contributed by atoms with Crippen LogP contribution in [0.25, 0.3) is 0 Å². The van der Waals surface area contributed by atoms with Crippen molar-refractivity contribution in [3.05, 3.63) is 18.2 Å². The van der Waals surface area contributed by atoms with Gasteiger partial charge in [-0.25, -0.2) is 4.98 Å². The molecular weight excluding hydrogens is 176 g/mol. The second-order valence-corrected chi connectivity index (χ2v) is 3.72. The Morgan fingerprint density at radius 3 is 2.79 bits per heavy atom. The maximum atomic E-state index is 9.74. The molecule has 0 saturated heterocycles. The van der Waals surface area contributed by atoms with Crippen LogP contribution in [0.1, 0.15) is 45.5 Å². The van der Waals surface area contributed by atoms with Crippen molar-refractivity contribution in [2.24, 2.45) is 0 Å². The fraction of sp³-hybridized carbons (Fsp3) is 0.727. The van der Waals surface area contributed by atoms with Gasteiger partial charge in [-0.2, -0.15) is 0 Å². The van der Waals surface area contributed by atoms with Crippen LogP contribution in [-0.2, 0) is 6.42 Å². The highest BCUT2D eigenvalue weighted by Crippen LogP contribution is 2.16. The molecule has 3 heteroatoms. The van der Waals surface area contributed by atoms with Crippen LogP contribution in [0.4, 0.5) is 0 Å². The van der Waals surface area contributed by atoms with Crippen molar-refractivity contribution >= 4 is 0 Å². The van der Waals surface area contributed by atoms with Crippen LogP contribution in [0.3, 0.4) is 0 Å². The minimum Gasteiger partial charge on any atom is -0.391 e. The van der Waals surface area contributed by atoms with Crippen LogP contribution >= 0.6 is 0 Å². The quantitative estimate of drug-likeness (QED) is 0.783. The van der Waals surface area contributed by atoms with Gasteiger partial charge < -0.3 is 9.67 Å². The van der Waals surface area contributed by atoms with Crippen LogP contribution in [0, 0.1) is 0 Å². The van der Waals surface area contributed by atoms with E-state index in [4.69, 9.17) is 0 Å². The largest absolute Gasteiger partial charge is 0.391 e. The SMILES string of the molecule is CCCc1nccn1C(C)C(O)CC. The van der Waals surface area contributed by atoms with Gasteiger partial charge >= 0.3 is 0 Å². The third kappa shape index (κ3) is 2.35. The predicted octanol–water partition coefficient (Wildman–Crippen LogP) is 2.17. The number of aliphatic hydroxyl groups excluding tert-OH is 1. The topological polar surface area (TPSA) is 38.0 Å². The summed E-state index contributed by atoms with van der Waals surface area (Å²) in [4.78, 5) is 4.30. The first kappa shape index (κ1) is 11.2. The predicted molar refractivity (Wildman–Crippen MR) is 57.2 cm³/mol. The summed E-state index contributed by atoms with van der Waals surface area (Å²) >= 11 is 0. The van der Waals surface area contributed by atoms with Crippen molar-refractivity contribution in [3.8, 4) is 0 Å². The molecule has 0 aliphatic heterocycles.